The molecule has 0 aromatic heterocycles. The Morgan fingerprint density at radius 2 is 2.06 bits per heavy atom. The van der Waals surface area contributed by atoms with Gasteiger partial charge in [-0.05, 0) is 12.5 Å². The third kappa shape index (κ3) is 4.00. The Morgan fingerprint density at radius 1 is 1.25 bits per heavy atom. The van der Waals surface area contributed by atoms with E-state index < -0.39 is 0 Å². The third-order valence-corrected chi connectivity index (χ3v) is 2.39. The molecular weight excluding hydrogens is 226 g/mol. The maximum Gasteiger partial charge on any atom is 0.142 e. The normalized spacial score (nSPS) is 10.4. The smallest absolute Gasteiger partial charge is 0.142 e. The van der Waals surface area contributed by atoms with Crippen molar-refractivity contribution in [2.24, 2.45) is 5.73 Å². The van der Waals surface area contributed by atoms with Gasteiger partial charge in [0.05, 0.1) is 11.6 Å². The van der Waals surface area contributed by atoms with Crippen LogP contribution in [0, 0.1) is 0 Å². The zero-order valence-corrected chi connectivity index (χ0v) is 10.3. The van der Waals surface area contributed by atoms with Gasteiger partial charge >= 0.3 is 0 Å². The second-order valence-electron chi connectivity index (χ2n) is 3.39. The summed E-state index contributed by atoms with van der Waals surface area (Å²) in [6.07, 6.45) is 1.01. The lowest BCUT2D eigenvalue weighted by atomic mass is 10.2. The molecule has 0 fully saturated rings. The first kappa shape index (κ1) is 13.3. The lowest BCUT2D eigenvalue weighted by Gasteiger charge is -2.12. The highest BCUT2D eigenvalue weighted by molar-refractivity contribution is 6.32. The first-order valence-corrected chi connectivity index (χ1v) is 5.85. The lowest BCUT2D eigenvalue weighted by molar-refractivity contribution is 0.100. The Balaban J connectivity index is 2.46. The van der Waals surface area contributed by atoms with Gasteiger partial charge in [-0.15, -0.1) is 0 Å². The fourth-order valence-corrected chi connectivity index (χ4v) is 1.57. The minimum atomic E-state index is 0.422. The number of para-hydroxylation sites is 1. The van der Waals surface area contributed by atoms with Gasteiger partial charge in [0.25, 0.3) is 0 Å². The van der Waals surface area contributed by atoms with E-state index in [2.05, 4.69) is 6.92 Å². The van der Waals surface area contributed by atoms with E-state index in [1.165, 1.54) is 0 Å². The Bertz CT molecular complexity index is 318. The molecule has 4 heteroatoms. The van der Waals surface area contributed by atoms with Crippen molar-refractivity contribution in [3.63, 3.8) is 0 Å². The summed E-state index contributed by atoms with van der Waals surface area (Å²) in [6.45, 7) is 4.32. The molecule has 0 saturated heterocycles. The Hall–Kier alpha value is -0.770. The van der Waals surface area contributed by atoms with Gasteiger partial charge in [0.15, 0.2) is 0 Å². The molecular formula is C12H18ClNO2. The van der Waals surface area contributed by atoms with Crippen molar-refractivity contribution in [1.29, 1.82) is 0 Å². The van der Waals surface area contributed by atoms with E-state index in [-0.39, 0.29) is 0 Å². The van der Waals surface area contributed by atoms with Crippen LogP contribution in [0.15, 0.2) is 18.2 Å². The first-order chi connectivity index (χ1) is 7.79. The highest BCUT2D eigenvalue weighted by Crippen LogP contribution is 2.28. The van der Waals surface area contributed by atoms with Gasteiger partial charge in [0, 0.05) is 18.7 Å². The van der Waals surface area contributed by atoms with Gasteiger partial charge in [-0.25, -0.2) is 0 Å². The van der Waals surface area contributed by atoms with Crippen LogP contribution in [-0.2, 0) is 11.3 Å². The van der Waals surface area contributed by atoms with Gasteiger partial charge in [0.2, 0.25) is 0 Å². The molecule has 1 aromatic carbocycles. The average molecular weight is 244 g/mol. The molecule has 1 aromatic rings. The Labute approximate surface area is 101 Å². The van der Waals surface area contributed by atoms with Crippen LogP contribution in [0.4, 0.5) is 0 Å². The number of hydrogen-bond donors (Lipinski definition) is 1. The van der Waals surface area contributed by atoms with Crippen molar-refractivity contribution in [1.82, 2.24) is 0 Å². The van der Waals surface area contributed by atoms with Crippen LogP contribution in [0.5, 0.6) is 5.75 Å². The average Bonchev–Trinajstić information content (AvgIpc) is 2.30. The number of nitrogens with two attached hydrogens (primary N) is 1. The molecule has 0 saturated carbocycles. The van der Waals surface area contributed by atoms with Crippen molar-refractivity contribution in [2.45, 2.75) is 19.9 Å². The Morgan fingerprint density at radius 3 is 2.75 bits per heavy atom. The number of halogens is 1. The number of benzene rings is 1. The van der Waals surface area contributed by atoms with E-state index in [0.717, 1.165) is 18.6 Å². The molecule has 0 aliphatic carbocycles. The SMILES string of the molecule is CCCOCCOc1c(Cl)cccc1CN. The molecule has 0 amide bonds. The fourth-order valence-electron chi connectivity index (χ4n) is 1.32. The molecule has 0 radical (unpaired) electrons. The van der Waals surface area contributed by atoms with Crippen molar-refractivity contribution in [2.75, 3.05) is 19.8 Å². The van der Waals surface area contributed by atoms with E-state index in [9.17, 15) is 0 Å². The molecule has 0 heterocycles. The van der Waals surface area contributed by atoms with Crippen LogP contribution >= 0.6 is 11.6 Å². The second kappa shape index (κ2) is 7.49. The van der Waals surface area contributed by atoms with Gasteiger partial charge < -0.3 is 15.2 Å². The van der Waals surface area contributed by atoms with Crippen LogP contribution in [0.25, 0.3) is 0 Å². The molecule has 0 aliphatic rings. The topological polar surface area (TPSA) is 44.5 Å². The largest absolute Gasteiger partial charge is 0.489 e. The lowest BCUT2D eigenvalue weighted by Crippen LogP contribution is -2.09. The highest BCUT2D eigenvalue weighted by Gasteiger charge is 2.06. The first-order valence-electron chi connectivity index (χ1n) is 5.47. The zero-order valence-electron chi connectivity index (χ0n) is 9.54. The minimum absolute atomic E-state index is 0.422. The van der Waals surface area contributed by atoms with E-state index in [0.29, 0.717) is 30.5 Å². The molecule has 90 valence electrons. The molecule has 0 aliphatic heterocycles. The quantitative estimate of drug-likeness (QED) is 0.749. The van der Waals surface area contributed by atoms with E-state index in [4.69, 9.17) is 26.8 Å². The zero-order chi connectivity index (χ0) is 11.8. The minimum Gasteiger partial charge on any atom is -0.489 e. The second-order valence-corrected chi connectivity index (χ2v) is 3.80. The predicted octanol–water partition coefficient (Wildman–Crippen LogP) is 2.60. The summed E-state index contributed by atoms with van der Waals surface area (Å²) in [7, 11) is 0. The van der Waals surface area contributed by atoms with Crippen molar-refractivity contribution in [3.05, 3.63) is 28.8 Å². The van der Waals surface area contributed by atoms with Gasteiger partial charge in [-0.1, -0.05) is 30.7 Å². The van der Waals surface area contributed by atoms with Gasteiger partial charge in [0.1, 0.15) is 12.4 Å². The molecule has 0 bridgehead atoms. The van der Waals surface area contributed by atoms with Crippen molar-refractivity contribution >= 4 is 11.6 Å². The molecule has 16 heavy (non-hydrogen) atoms. The molecule has 2 N–H and O–H groups in total. The monoisotopic (exact) mass is 243 g/mol. The van der Waals surface area contributed by atoms with Crippen molar-refractivity contribution < 1.29 is 9.47 Å². The summed E-state index contributed by atoms with van der Waals surface area (Å²) in [5.74, 6) is 0.673. The van der Waals surface area contributed by atoms with Gasteiger partial charge in [-0.3, -0.25) is 0 Å². The van der Waals surface area contributed by atoms with E-state index in [1.807, 2.05) is 12.1 Å². The van der Waals surface area contributed by atoms with Gasteiger partial charge in [-0.2, -0.15) is 0 Å². The molecule has 0 unspecified atom stereocenters. The maximum absolute atomic E-state index is 6.03. The van der Waals surface area contributed by atoms with Crippen LogP contribution in [0.1, 0.15) is 18.9 Å². The molecule has 1 rings (SSSR count). The third-order valence-electron chi connectivity index (χ3n) is 2.09. The van der Waals surface area contributed by atoms with Crippen molar-refractivity contribution in [3.8, 4) is 5.75 Å². The predicted molar refractivity (Wildman–Crippen MR) is 65.9 cm³/mol. The summed E-state index contributed by atoms with van der Waals surface area (Å²) >= 11 is 6.03. The summed E-state index contributed by atoms with van der Waals surface area (Å²) < 4.78 is 10.9. The fraction of sp³-hybridized carbons (Fsp3) is 0.500. The summed E-state index contributed by atoms with van der Waals surface area (Å²) in [6, 6.07) is 5.57. The summed E-state index contributed by atoms with van der Waals surface area (Å²) in [5, 5.41) is 0.596. The number of ether oxygens (including phenoxy) is 2. The number of hydrogen-bond acceptors (Lipinski definition) is 3. The highest BCUT2D eigenvalue weighted by atomic mass is 35.5. The van der Waals surface area contributed by atoms with E-state index >= 15 is 0 Å². The molecule has 0 atom stereocenters. The van der Waals surface area contributed by atoms with E-state index in [1.54, 1.807) is 6.07 Å². The van der Waals surface area contributed by atoms with Crippen LogP contribution < -0.4 is 10.5 Å². The van der Waals surface area contributed by atoms with Crippen LogP contribution in [0.3, 0.4) is 0 Å². The van der Waals surface area contributed by atoms with Crippen LogP contribution in [0.2, 0.25) is 5.02 Å². The maximum atomic E-state index is 6.03. The molecule has 3 nitrogen and oxygen atoms in total. The molecule has 0 spiro atoms. The summed E-state index contributed by atoms with van der Waals surface area (Å²) in [5.41, 5.74) is 6.52. The number of rotatable bonds is 7. The standard InChI is InChI=1S/C12H18ClNO2/c1-2-6-15-7-8-16-12-10(9-14)4-3-5-11(12)13/h3-5H,2,6-9,14H2,1H3. The van der Waals surface area contributed by atoms with Crippen LogP contribution in [-0.4, -0.2) is 19.8 Å². The summed E-state index contributed by atoms with van der Waals surface area (Å²) in [4.78, 5) is 0. The Kier molecular flexibility index (Phi) is 6.23.